The molecule has 0 bridgehead atoms. The lowest BCUT2D eigenvalue weighted by Gasteiger charge is -2.24. The normalized spacial score (nSPS) is 19.8. The van der Waals surface area contributed by atoms with Gasteiger partial charge in [-0.1, -0.05) is 6.92 Å². The summed E-state index contributed by atoms with van der Waals surface area (Å²) in [5.74, 6) is 0.304. The molecule has 0 radical (unpaired) electrons. The van der Waals surface area contributed by atoms with Gasteiger partial charge in [0.15, 0.2) is 0 Å². The van der Waals surface area contributed by atoms with Crippen LogP contribution in [0.1, 0.15) is 13.3 Å². The van der Waals surface area contributed by atoms with Gasteiger partial charge in [0.2, 0.25) is 0 Å². The molecule has 1 aliphatic rings. The van der Waals surface area contributed by atoms with Gasteiger partial charge in [0.25, 0.3) is 0 Å². The van der Waals surface area contributed by atoms with Crippen LogP contribution in [0.4, 0.5) is 5.69 Å². The van der Waals surface area contributed by atoms with Crippen LogP contribution in [0.5, 0.6) is 5.75 Å². The van der Waals surface area contributed by atoms with E-state index in [1.165, 1.54) is 0 Å². The molecule has 14 heavy (non-hydrogen) atoms. The molecular weight excluding hydrogens is 176 g/mol. The topological polar surface area (TPSA) is 35.5 Å². The molecule has 0 saturated heterocycles. The predicted molar refractivity (Wildman–Crippen MR) is 56.9 cm³/mol. The standard InChI is InChI=1S/C11H14N2O/c1-2-11-12-7-8-13(11)9-3-5-10(14)6-4-9/h3-8,11-12,14H,2H2,1H3. The fourth-order valence-corrected chi connectivity index (χ4v) is 1.62. The maximum absolute atomic E-state index is 9.17. The number of nitrogens with one attached hydrogen (secondary N) is 1. The number of nitrogens with zero attached hydrogens (tertiary/aromatic N) is 1. The Morgan fingerprint density at radius 2 is 2.07 bits per heavy atom. The second kappa shape index (κ2) is 3.62. The third kappa shape index (κ3) is 1.53. The molecule has 1 heterocycles. The number of anilines is 1. The van der Waals surface area contributed by atoms with E-state index in [0.717, 1.165) is 12.1 Å². The highest BCUT2D eigenvalue weighted by Crippen LogP contribution is 2.23. The van der Waals surface area contributed by atoms with E-state index in [4.69, 9.17) is 0 Å². The summed E-state index contributed by atoms with van der Waals surface area (Å²) < 4.78 is 0. The molecule has 0 aliphatic carbocycles. The second-order valence-electron chi connectivity index (χ2n) is 3.33. The van der Waals surface area contributed by atoms with Crippen molar-refractivity contribution in [2.24, 2.45) is 0 Å². The summed E-state index contributed by atoms with van der Waals surface area (Å²) in [4.78, 5) is 2.15. The average molecular weight is 190 g/mol. The summed E-state index contributed by atoms with van der Waals surface area (Å²) in [6.07, 6.45) is 5.33. The largest absolute Gasteiger partial charge is 0.508 e. The van der Waals surface area contributed by atoms with Crippen LogP contribution in [0.3, 0.4) is 0 Å². The van der Waals surface area contributed by atoms with Gasteiger partial charge in [-0.05, 0) is 30.7 Å². The Labute approximate surface area is 83.7 Å². The molecule has 0 amide bonds. The van der Waals surface area contributed by atoms with Gasteiger partial charge in [-0.25, -0.2) is 0 Å². The molecule has 0 fully saturated rings. The monoisotopic (exact) mass is 190 g/mol. The quantitative estimate of drug-likeness (QED) is 0.748. The van der Waals surface area contributed by atoms with E-state index < -0.39 is 0 Å². The molecule has 1 aromatic rings. The SMILES string of the molecule is CCC1NC=CN1c1ccc(O)cc1. The van der Waals surface area contributed by atoms with Gasteiger partial charge in [-0.15, -0.1) is 0 Å². The number of rotatable bonds is 2. The molecule has 0 spiro atoms. The van der Waals surface area contributed by atoms with Crippen molar-refractivity contribution in [1.29, 1.82) is 0 Å². The minimum absolute atomic E-state index is 0.304. The summed E-state index contributed by atoms with van der Waals surface area (Å²) in [6.45, 7) is 2.14. The summed E-state index contributed by atoms with van der Waals surface area (Å²) in [6, 6.07) is 7.23. The van der Waals surface area contributed by atoms with Gasteiger partial charge >= 0.3 is 0 Å². The number of aromatic hydroxyl groups is 1. The van der Waals surface area contributed by atoms with E-state index in [0.29, 0.717) is 11.9 Å². The lowest BCUT2D eigenvalue weighted by atomic mass is 10.2. The van der Waals surface area contributed by atoms with E-state index in [9.17, 15) is 5.11 Å². The first-order valence-electron chi connectivity index (χ1n) is 4.81. The molecule has 2 rings (SSSR count). The first-order chi connectivity index (χ1) is 6.81. The zero-order chi connectivity index (χ0) is 9.97. The molecule has 1 unspecified atom stereocenters. The Hall–Kier alpha value is -1.64. The van der Waals surface area contributed by atoms with Crippen LogP contribution in [-0.2, 0) is 0 Å². The summed E-state index contributed by atoms with van der Waals surface area (Å²) in [5, 5.41) is 12.4. The molecule has 1 aliphatic heterocycles. The number of phenols is 1. The highest BCUT2D eigenvalue weighted by atomic mass is 16.3. The highest BCUT2D eigenvalue weighted by molar-refractivity contribution is 5.53. The van der Waals surface area contributed by atoms with Crippen LogP contribution in [0.25, 0.3) is 0 Å². The van der Waals surface area contributed by atoms with Crippen LogP contribution in [0, 0.1) is 0 Å². The minimum Gasteiger partial charge on any atom is -0.508 e. The van der Waals surface area contributed by atoms with Crippen LogP contribution >= 0.6 is 0 Å². The summed E-state index contributed by atoms with van der Waals surface area (Å²) in [5.41, 5.74) is 1.09. The predicted octanol–water partition coefficient (Wildman–Crippen LogP) is 2.01. The fraction of sp³-hybridized carbons (Fsp3) is 0.273. The first-order valence-corrected chi connectivity index (χ1v) is 4.81. The van der Waals surface area contributed by atoms with Crippen LogP contribution in [0.15, 0.2) is 36.7 Å². The first kappa shape index (κ1) is 8.94. The van der Waals surface area contributed by atoms with E-state index in [-0.39, 0.29) is 0 Å². The van der Waals surface area contributed by atoms with Crippen LogP contribution in [-0.4, -0.2) is 11.3 Å². The Balaban J connectivity index is 2.22. The van der Waals surface area contributed by atoms with E-state index in [1.807, 2.05) is 24.5 Å². The van der Waals surface area contributed by atoms with Gasteiger partial charge < -0.3 is 15.3 Å². The van der Waals surface area contributed by atoms with E-state index >= 15 is 0 Å². The molecule has 0 aromatic heterocycles. The van der Waals surface area contributed by atoms with Crippen molar-refractivity contribution in [3.05, 3.63) is 36.7 Å². The van der Waals surface area contributed by atoms with Crippen LogP contribution < -0.4 is 10.2 Å². The highest BCUT2D eigenvalue weighted by Gasteiger charge is 2.17. The van der Waals surface area contributed by atoms with Gasteiger partial charge in [-0.3, -0.25) is 0 Å². The zero-order valence-corrected chi connectivity index (χ0v) is 8.14. The Morgan fingerprint density at radius 3 is 2.71 bits per heavy atom. The molecule has 1 atom stereocenters. The maximum Gasteiger partial charge on any atom is 0.115 e. The molecule has 3 nitrogen and oxygen atoms in total. The van der Waals surface area contributed by atoms with Crippen molar-refractivity contribution in [1.82, 2.24) is 5.32 Å². The second-order valence-corrected chi connectivity index (χ2v) is 3.33. The molecule has 2 N–H and O–H groups in total. The number of phenolic OH excluding ortho intramolecular Hbond substituents is 1. The van der Waals surface area contributed by atoms with Crippen LogP contribution in [0.2, 0.25) is 0 Å². The smallest absolute Gasteiger partial charge is 0.115 e. The van der Waals surface area contributed by atoms with Crippen molar-refractivity contribution < 1.29 is 5.11 Å². The number of benzene rings is 1. The maximum atomic E-state index is 9.17. The van der Waals surface area contributed by atoms with Gasteiger partial charge in [0.1, 0.15) is 11.9 Å². The lowest BCUT2D eigenvalue weighted by Crippen LogP contribution is -2.34. The van der Waals surface area contributed by atoms with Crippen molar-refractivity contribution >= 4 is 5.69 Å². The Morgan fingerprint density at radius 1 is 1.36 bits per heavy atom. The molecule has 1 aromatic carbocycles. The lowest BCUT2D eigenvalue weighted by molar-refractivity contribution is 0.475. The van der Waals surface area contributed by atoms with Crippen molar-refractivity contribution in [3.8, 4) is 5.75 Å². The average Bonchev–Trinajstić information content (AvgIpc) is 2.67. The molecular formula is C11H14N2O. The van der Waals surface area contributed by atoms with E-state index in [2.05, 4.69) is 17.1 Å². The van der Waals surface area contributed by atoms with Crippen molar-refractivity contribution in [2.75, 3.05) is 4.90 Å². The van der Waals surface area contributed by atoms with Gasteiger partial charge in [0.05, 0.1) is 0 Å². The Kier molecular flexibility index (Phi) is 2.31. The molecule has 74 valence electrons. The van der Waals surface area contributed by atoms with Gasteiger partial charge in [0, 0.05) is 18.1 Å². The number of hydrogen-bond donors (Lipinski definition) is 2. The third-order valence-electron chi connectivity index (χ3n) is 2.39. The van der Waals surface area contributed by atoms with E-state index in [1.54, 1.807) is 12.1 Å². The molecule has 0 saturated carbocycles. The summed E-state index contributed by atoms with van der Waals surface area (Å²) in [7, 11) is 0. The fourth-order valence-electron chi connectivity index (χ4n) is 1.62. The number of hydrogen-bond acceptors (Lipinski definition) is 3. The zero-order valence-electron chi connectivity index (χ0n) is 8.14. The minimum atomic E-state index is 0.304. The molecule has 3 heteroatoms. The summed E-state index contributed by atoms with van der Waals surface area (Å²) >= 11 is 0. The van der Waals surface area contributed by atoms with Crippen molar-refractivity contribution in [2.45, 2.75) is 19.5 Å². The van der Waals surface area contributed by atoms with Gasteiger partial charge in [-0.2, -0.15) is 0 Å². The van der Waals surface area contributed by atoms with Crippen molar-refractivity contribution in [3.63, 3.8) is 0 Å². The third-order valence-corrected chi connectivity index (χ3v) is 2.39. The Bertz CT molecular complexity index is 332.